The average molecular weight is 326 g/mol. The zero-order valence-electron chi connectivity index (χ0n) is 15.0. The second kappa shape index (κ2) is 7.39. The summed E-state index contributed by atoms with van der Waals surface area (Å²) in [6.45, 7) is 10.3. The normalized spacial score (nSPS) is 17.5. The van der Waals surface area contributed by atoms with Crippen molar-refractivity contribution in [3.05, 3.63) is 35.5 Å². The fourth-order valence-electron chi connectivity index (χ4n) is 2.96. The summed E-state index contributed by atoms with van der Waals surface area (Å²) in [5.41, 5.74) is 7.15. The number of carbonyl (C=O) groups excluding carboxylic acids is 1. The van der Waals surface area contributed by atoms with E-state index in [2.05, 4.69) is 30.7 Å². The van der Waals surface area contributed by atoms with Crippen molar-refractivity contribution >= 4 is 11.8 Å². The first kappa shape index (κ1) is 17.9. The number of amides is 2. The molecule has 5 nitrogen and oxygen atoms in total. The molecule has 1 fully saturated rings. The lowest BCUT2D eigenvalue weighted by Crippen LogP contribution is -2.50. The smallest absolute Gasteiger partial charge is 0.320 e. The highest BCUT2D eigenvalue weighted by molar-refractivity contribution is 5.76. The van der Waals surface area contributed by atoms with E-state index in [0.717, 1.165) is 26.1 Å². The maximum Gasteiger partial charge on any atom is 0.320 e. The number of likely N-dealkylation sites (tertiary alicyclic amines) is 1. The number of allylic oxidation sites excluding steroid dienone is 1. The lowest BCUT2D eigenvalue weighted by molar-refractivity contribution is 0.137. The number of nitrogens with two attached hydrogens (primary N) is 1. The first-order chi connectivity index (χ1) is 11.4. The van der Waals surface area contributed by atoms with E-state index in [9.17, 15) is 4.79 Å². The van der Waals surface area contributed by atoms with Crippen molar-refractivity contribution < 1.29 is 4.79 Å². The summed E-state index contributed by atoms with van der Waals surface area (Å²) in [6, 6.07) is 5.50. The fraction of sp³-hybridized carbons (Fsp3) is 0.474. The van der Waals surface area contributed by atoms with Crippen LogP contribution in [0, 0.1) is 11.8 Å². The highest BCUT2D eigenvalue weighted by Gasteiger charge is 2.40. The number of carbonyl (C=O) groups is 1. The fourth-order valence-corrected chi connectivity index (χ4v) is 2.96. The molecule has 0 atom stereocenters. The molecule has 5 heteroatoms. The highest BCUT2D eigenvalue weighted by Crippen LogP contribution is 2.34. The summed E-state index contributed by atoms with van der Waals surface area (Å²) < 4.78 is 0. The Bertz CT molecular complexity index is 693. The van der Waals surface area contributed by atoms with Crippen molar-refractivity contribution in [1.82, 2.24) is 14.8 Å². The molecule has 128 valence electrons. The van der Waals surface area contributed by atoms with E-state index in [-0.39, 0.29) is 11.6 Å². The molecule has 0 saturated carbocycles. The number of aromatic nitrogens is 1. The molecule has 1 aliphatic heterocycles. The lowest BCUT2D eigenvalue weighted by atomic mass is 9.95. The Morgan fingerprint density at radius 2 is 2.12 bits per heavy atom. The number of rotatable bonds is 2. The van der Waals surface area contributed by atoms with Gasteiger partial charge < -0.3 is 15.5 Å². The Labute approximate surface area is 144 Å². The van der Waals surface area contributed by atoms with Gasteiger partial charge in [-0.15, -0.1) is 0 Å². The predicted molar refractivity (Wildman–Crippen MR) is 97.3 cm³/mol. The minimum atomic E-state index is -0.322. The van der Waals surface area contributed by atoms with Gasteiger partial charge in [-0.05, 0) is 63.8 Å². The van der Waals surface area contributed by atoms with Crippen LogP contribution in [0.5, 0.6) is 0 Å². The molecule has 2 amide bonds. The van der Waals surface area contributed by atoms with E-state index >= 15 is 0 Å². The molecule has 0 radical (unpaired) electrons. The number of hydrogen-bond acceptors (Lipinski definition) is 3. The van der Waals surface area contributed by atoms with Crippen LogP contribution in [0.4, 0.5) is 10.6 Å². The minimum absolute atomic E-state index is 0.0962. The van der Waals surface area contributed by atoms with Crippen molar-refractivity contribution in [3.8, 4) is 11.8 Å². The zero-order chi connectivity index (χ0) is 17.7. The van der Waals surface area contributed by atoms with E-state index in [0.29, 0.717) is 11.5 Å². The van der Waals surface area contributed by atoms with Crippen molar-refractivity contribution in [2.45, 2.75) is 39.7 Å². The Morgan fingerprint density at radius 1 is 1.42 bits per heavy atom. The van der Waals surface area contributed by atoms with E-state index in [1.807, 2.05) is 41.9 Å². The number of pyridine rings is 1. The maximum absolute atomic E-state index is 12.7. The largest absolute Gasteiger partial charge is 0.384 e. The van der Waals surface area contributed by atoms with Crippen molar-refractivity contribution in [3.63, 3.8) is 0 Å². The standard InChI is InChI=1S/C19H26N4O/c1-5-22(6-2)18(24)23-14-13-15(19(23,3)4)9-7-10-16-11-8-12-17(20)21-16/h8-9,11-12H,5-6,13-14H2,1-4H3,(H2,20,21)/b15-9+. The molecule has 1 aromatic rings. The molecule has 0 aliphatic carbocycles. The van der Waals surface area contributed by atoms with Crippen LogP contribution in [0.1, 0.15) is 39.8 Å². The van der Waals surface area contributed by atoms with Crippen LogP contribution in [0.25, 0.3) is 0 Å². The summed E-state index contributed by atoms with van der Waals surface area (Å²) in [6.07, 6.45) is 2.76. The molecule has 2 N–H and O–H groups in total. The van der Waals surface area contributed by atoms with Gasteiger partial charge in [0.15, 0.2) is 0 Å². The average Bonchev–Trinajstić information content (AvgIpc) is 2.83. The van der Waals surface area contributed by atoms with E-state index in [1.54, 1.807) is 6.07 Å². The second-order valence-electron chi connectivity index (χ2n) is 6.30. The Morgan fingerprint density at radius 3 is 2.75 bits per heavy atom. The quantitative estimate of drug-likeness (QED) is 0.850. The van der Waals surface area contributed by atoms with Gasteiger partial charge in [-0.3, -0.25) is 0 Å². The van der Waals surface area contributed by atoms with Crippen LogP contribution in [0.2, 0.25) is 0 Å². The van der Waals surface area contributed by atoms with Crippen molar-refractivity contribution in [1.29, 1.82) is 0 Å². The molecule has 2 rings (SSSR count). The molecule has 24 heavy (non-hydrogen) atoms. The molecule has 0 spiro atoms. The van der Waals surface area contributed by atoms with Crippen LogP contribution in [0.3, 0.4) is 0 Å². The Balaban J connectivity index is 2.17. The van der Waals surface area contributed by atoms with E-state index in [4.69, 9.17) is 5.73 Å². The number of hydrogen-bond donors (Lipinski definition) is 1. The lowest BCUT2D eigenvalue weighted by Gasteiger charge is -2.36. The molecule has 0 unspecified atom stereocenters. The third kappa shape index (κ3) is 3.70. The first-order valence-electron chi connectivity index (χ1n) is 8.40. The van der Waals surface area contributed by atoms with Gasteiger partial charge in [-0.25, -0.2) is 9.78 Å². The van der Waals surface area contributed by atoms with Gasteiger partial charge in [0.2, 0.25) is 0 Å². The number of nitrogens with zero attached hydrogens (tertiary/aromatic N) is 3. The molecule has 0 bridgehead atoms. The first-order valence-corrected chi connectivity index (χ1v) is 8.40. The van der Waals surface area contributed by atoms with E-state index in [1.165, 1.54) is 5.57 Å². The van der Waals surface area contributed by atoms with Crippen LogP contribution < -0.4 is 5.73 Å². The number of nitrogen functional groups attached to an aromatic ring is 1. The summed E-state index contributed by atoms with van der Waals surface area (Å²) in [5, 5.41) is 0. The Kier molecular flexibility index (Phi) is 5.50. The topological polar surface area (TPSA) is 62.5 Å². The van der Waals surface area contributed by atoms with Crippen molar-refractivity contribution in [2.75, 3.05) is 25.4 Å². The summed E-state index contributed by atoms with van der Waals surface area (Å²) in [4.78, 5) is 20.6. The Hall–Kier alpha value is -2.48. The number of urea groups is 1. The predicted octanol–water partition coefficient (Wildman–Crippen LogP) is 2.89. The van der Waals surface area contributed by atoms with Gasteiger partial charge in [0.1, 0.15) is 11.5 Å². The van der Waals surface area contributed by atoms with E-state index < -0.39 is 0 Å². The summed E-state index contributed by atoms with van der Waals surface area (Å²) in [5.74, 6) is 6.53. The third-order valence-electron chi connectivity index (χ3n) is 4.55. The van der Waals surface area contributed by atoms with Gasteiger partial charge in [0, 0.05) is 19.6 Å². The number of anilines is 1. The van der Waals surface area contributed by atoms with Gasteiger partial charge in [0.05, 0.1) is 5.54 Å². The molecular formula is C19H26N4O. The molecule has 1 saturated heterocycles. The molecule has 1 aliphatic rings. The second-order valence-corrected chi connectivity index (χ2v) is 6.30. The van der Waals surface area contributed by atoms with Gasteiger partial charge >= 0.3 is 6.03 Å². The molecular weight excluding hydrogens is 300 g/mol. The van der Waals surface area contributed by atoms with Crippen LogP contribution in [-0.4, -0.2) is 46.0 Å². The monoisotopic (exact) mass is 326 g/mol. The molecule has 0 aromatic carbocycles. The van der Waals surface area contributed by atoms with Gasteiger partial charge in [-0.2, -0.15) is 0 Å². The van der Waals surface area contributed by atoms with Crippen LogP contribution in [0.15, 0.2) is 29.8 Å². The third-order valence-corrected chi connectivity index (χ3v) is 4.55. The van der Waals surface area contributed by atoms with Gasteiger partial charge in [0.25, 0.3) is 0 Å². The SMILES string of the molecule is CCN(CC)C(=O)N1CC/C(=C\C#Cc2cccc(N)n2)C1(C)C. The summed E-state index contributed by atoms with van der Waals surface area (Å²) >= 11 is 0. The highest BCUT2D eigenvalue weighted by atomic mass is 16.2. The van der Waals surface area contributed by atoms with Crippen molar-refractivity contribution in [2.24, 2.45) is 0 Å². The van der Waals surface area contributed by atoms with Gasteiger partial charge in [-0.1, -0.05) is 12.0 Å². The van der Waals surface area contributed by atoms with Crippen LogP contribution in [-0.2, 0) is 0 Å². The van der Waals surface area contributed by atoms with Crippen LogP contribution >= 0.6 is 0 Å². The maximum atomic E-state index is 12.7. The summed E-state index contributed by atoms with van der Waals surface area (Å²) in [7, 11) is 0. The minimum Gasteiger partial charge on any atom is -0.384 e. The molecule has 1 aromatic heterocycles. The zero-order valence-corrected chi connectivity index (χ0v) is 15.0. The molecule has 2 heterocycles.